The van der Waals surface area contributed by atoms with Crippen molar-refractivity contribution in [3.8, 4) is 5.75 Å². The van der Waals surface area contributed by atoms with Gasteiger partial charge in [0.05, 0.1) is 7.11 Å². The van der Waals surface area contributed by atoms with E-state index in [0.29, 0.717) is 36.7 Å². The van der Waals surface area contributed by atoms with E-state index in [1.807, 2.05) is 35.2 Å². The number of rotatable bonds is 8. The van der Waals surface area contributed by atoms with Gasteiger partial charge in [-0.05, 0) is 68.6 Å². The van der Waals surface area contributed by atoms with Gasteiger partial charge >= 0.3 is 5.97 Å². The standard InChI is InChI=1S/C23H27FN2O4/c1-30-20-9-8-17(24)15-19(20)22(23(28)29)26-13-11-16(12-14-26)7-10-21(27)25-18-5-3-2-4-6-18/h2-6,8-9,15-16,22H,7,10-14H2,1H3,(H,25,27)(H,28,29). The van der Waals surface area contributed by atoms with Crippen molar-refractivity contribution in [3.63, 3.8) is 0 Å². The first kappa shape index (κ1) is 21.8. The van der Waals surface area contributed by atoms with E-state index in [1.165, 1.54) is 25.3 Å². The average molecular weight is 414 g/mol. The average Bonchev–Trinajstić information content (AvgIpc) is 2.74. The van der Waals surface area contributed by atoms with E-state index in [-0.39, 0.29) is 5.91 Å². The lowest BCUT2D eigenvalue weighted by atomic mass is 9.90. The summed E-state index contributed by atoms with van der Waals surface area (Å²) in [6.45, 7) is 1.14. The Balaban J connectivity index is 1.55. The van der Waals surface area contributed by atoms with E-state index in [0.717, 1.165) is 24.9 Å². The number of nitrogens with zero attached hydrogens (tertiary/aromatic N) is 1. The first-order valence-corrected chi connectivity index (χ1v) is 10.1. The number of carboxylic acid groups (broad SMARTS) is 1. The molecule has 0 aliphatic carbocycles. The number of carbonyl (C=O) groups excluding carboxylic acids is 1. The molecule has 2 aromatic rings. The lowest BCUT2D eigenvalue weighted by Gasteiger charge is -2.36. The number of para-hydroxylation sites is 1. The number of hydrogen-bond donors (Lipinski definition) is 2. The van der Waals surface area contributed by atoms with Crippen LogP contribution in [-0.2, 0) is 9.59 Å². The van der Waals surface area contributed by atoms with Crippen LogP contribution in [0.1, 0.15) is 37.3 Å². The van der Waals surface area contributed by atoms with Crippen LogP contribution in [0, 0.1) is 11.7 Å². The first-order chi connectivity index (χ1) is 14.5. The minimum atomic E-state index is -1.03. The summed E-state index contributed by atoms with van der Waals surface area (Å²) < 4.78 is 19.0. The predicted octanol–water partition coefficient (Wildman–Crippen LogP) is 4.09. The minimum Gasteiger partial charge on any atom is -0.496 e. The molecule has 1 heterocycles. The maximum absolute atomic E-state index is 13.8. The summed E-state index contributed by atoms with van der Waals surface area (Å²) >= 11 is 0. The number of nitrogens with one attached hydrogen (secondary N) is 1. The van der Waals surface area contributed by atoms with Gasteiger partial charge in [0.15, 0.2) is 0 Å². The van der Waals surface area contributed by atoms with Gasteiger partial charge in [-0.3, -0.25) is 14.5 Å². The van der Waals surface area contributed by atoms with Crippen molar-refractivity contribution in [2.75, 3.05) is 25.5 Å². The van der Waals surface area contributed by atoms with Gasteiger partial charge in [-0.15, -0.1) is 0 Å². The fourth-order valence-corrected chi connectivity index (χ4v) is 3.98. The number of halogens is 1. The number of likely N-dealkylation sites (tertiary alicyclic amines) is 1. The fraction of sp³-hybridized carbons (Fsp3) is 0.391. The molecular formula is C23H27FN2O4. The quantitative estimate of drug-likeness (QED) is 0.680. The van der Waals surface area contributed by atoms with Crippen LogP contribution in [0.2, 0.25) is 0 Å². The van der Waals surface area contributed by atoms with Crippen LogP contribution < -0.4 is 10.1 Å². The largest absolute Gasteiger partial charge is 0.496 e. The number of benzene rings is 2. The highest BCUT2D eigenvalue weighted by atomic mass is 19.1. The number of hydrogen-bond acceptors (Lipinski definition) is 4. The summed E-state index contributed by atoms with van der Waals surface area (Å²) in [5.41, 5.74) is 1.11. The van der Waals surface area contributed by atoms with Crippen molar-refractivity contribution in [1.82, 2.24) is 4.90 Å². The number of aliphatic carboxylic acids is 1. The summed E-state index contributed by atoms with van der Waals surface area (Å²) in [6, 6.07) is 12.3. The SMILES string of the molecule is COc1ccc(F)cc1C(C(=O)O)N1CCC(CCC(=O)Nc2ccccc2)CC1. The smallest absolute Gasteiger partial charge is 0.325 e. The fourth-order valence-electron chi connectivity index (χ4n) is 3.98. The van der Waals surface area contributed by atoms with E-state index in [2.05, 4.69) is 5.32 Å². The van der Waals surface area contributed by atoms with Gasteiger partial charge in [0.25, 0.3) is 0 Å². The summed E-state index contributed by atoms with van der Waals surface area (Å²) in [5, 5.41) is 12.7. The van der Waals surface area contributed by atoms with Crippen molar-refractivity contribution in [1.29, 1.82) is 0 Å². The molecule has 30 heavy (non-hydrogen) atoms. The van der Waals surface area contributed by atoms with Crippen LogP contribution in [0.5, 0.6) is 5.75 Å². The highest BCUT2D eigenvalue weighted by Crippen LogP contribution is 2.34. The second-order valence-electron chi connectivity index (χ2n) is 7.56. The molecule has 1 atom stereocenters. The van der Waals surface area contributed by atoms with Crippen LogP contribution in [0.15, 0.2) is 48.5 Å². The second-order valence-corrected chi connectivity index (χ2v) is 7.56. The highest BCUT2D eigenvalue weighted by Gasteiger charge is 2.33. The zero-order valence-corrected chi connectivity index (χ0v) is 17.0. The van der Waals surface area contributed by atoms with Crippen molar-refractivity contribution in [3.05, 3.63) is 59.9 Å². The number of ether oxygens (including phenoxy) is 1. The Morgan fingerprint density at radius 1 is 1.20 bits per heavy atom. The van der Waals surface area contributed by atoms with Gasteiger partial charge in [-0.1, -0.05) is 18.2 Å². The zero-order valence-electron chi connectivity index (χ0n) is 17.0. The molecule has 1 aliphatic heterocycles. The van der Waals surface area contributed by atoms with E-state index >= 15 is 0 Å². The lowest BCUT2D eigenvalue weighted by molar-refractivity contribution is -0.144. The molecule has 1 saturated heterocycles. The molecule has 1 unspecified atom stereocenters. The van der Waals surface area contributed by atoms with Crippen molar-refractivity contribution >= 4 is 17.6 Å². The Hall–Kier alpha value is -2.93. The molecule has 1 aliphatic rings. The number of amides is 1. The molecule has 0 bridgehead atoms. The molecule has 0 radical (unpaired) electrons. The molecule has 6 nitrogen and oxygen atoms in total. The van der Waals surface area contributed by atoms with Gasteiger partial charge in [0.1, 0.15) is 17.6 Å². The van der Waals surface area contributed by atoms with Crippen LogP contribution in [0.25, 0.3) is 0 Å². The number of methoxy groups -OCH3 is 1. The third-order valence-electron chi connectivity index (χ3n) is 5.57. The van der Waals surface area contributed by atoms with Gasteiger partial charge in [-0.25, -0.2) is 4.39 Å². The Kier molecular flexibility index (Phi) is 7.41. The molecule has 3 rings (SSSR count). The Morgan fingerprint density at radius 2 is 1.90 bits per heavy atom. The molecule has 7 heteroatoms. The van der Waals surface area contributed by atoms with Crippen LogP contribution in [0.4, 0.5) is 10.1 Å². The van der Waals surface area contributed by atoms with Crippen molar-refractivity contribution < 1.29 is 23.8 Å². The number of carboxylic acids is 1. The van der Waals surface area contributed by atoms with Crippen molar-refractivity contribution in [2.45, 2.75) is 31.7 Å². The van der Waals surface area contributed by atoms with Crippen LogP contribution in [0.3, 0.4) is 0 Å². The van der Waals surface area contributed by atoms with Crippen molar-refractivity contribution in [2.24, 2.45) is 5.92 Å². The Bertz CT molecular complexity index is 867. The Labute approximate surface area is 175 Å². The molecule has 160 valence electrons. The predicted molar refractivity (Wildman–Crippen MR) is 112 cm³/mol. The summed E-state index contributed by atoms with van der Waals surface area (Å²) in [6.07, 6.45) is 2.77. The number of piperidine rings is 1. The second kappa shape index (κ2) is 10.2. The number of anilines is 1. The summed E-state index contributed by atoms with van der Waals surface area (Å²) in [7, 11) is 1.45. The van der Waals surface area contributed by atoms with E-state index in [9.17, 15) is 19.1 Å². The van der Waals surface area contributed by atoms with E-state index in [1.54, 1.807) is 0 Å². The van der Waals surface area contributed by atoms with Crippen LogP contribution >= 0.6 is 0 Å². The normalized spacial score (nSPS) is 16.1. The monoisotopic (exact) mass is 414 g/mol. The van der Waals surface area contributed by atoms with Gasteiger partial charge in [0.2, 0.25) is 5.91 Å². The minimum absolute atomic E-state index is 0.0171. The molecule has 0 saturated carbocycles. The molecule has 0 aromatic heterocycles. The molecule has 2 aromatic carbocycles. The van der Waals surface area contributed by atoms with Crippen LogP contribution in [-0.4, -0.2) is 42.1 Å². The van der Waals surface area contributed by atoms with Gasteiger partial charge < -0.3 is 15.2 Å². The first-order valence-electron chi connectivity index (χ1n) is 10.1. The van der Waals surface area contributed by atoms with Gasteiger partial charge in [0, 0.05) is 17.7 Å². The maximum atomic E-state index is 13.8. The van der Waals surface area contributed by atoms with Gasteiger partial charge in [-0.2, -0.15) is 0 Å². The topological polar surface area (TPSA) is 78.9 Å². The zero-order chi connectivity index (χ0) is 21.5. The molecular weight excluding hydrogens is 387 g/mol. The third-order valence-corrected chi connectivity index (χ3v) is 5.57. The molecule has 0 spiro atoms. The summed E-state index contributed by atoms with van der Waals surface area (Å²) in [4.78, 5) is 26.0. The lowest BCUT2D eigenvalue weighted by Crippen LogP contribution is -2.40. The third kappa shape index (κ3) is 5.57. The Morgan fingerprint density at radius 3 is 2.53 bits per heavy atom. The van der Waals surface area contributed by atoms with E-state index in [4.69, 9.17) is 4.74 Å². The molecule has 1 fully saturated rings. The van der Waals surface area contributed by atoms with E-state index < -0.39 is 17.8 Å². The maximum Gasteiger partial charge on any atom is 0.325 e. The summed E-state index contributed by atoms with van der Waals surface area (Å²) in [5.74, 6) is -0.817. The highest BCUT2D eigenvalue weighted by molar-refractivity contribution is 5.90. The molecule has 1 amide bonds. The number of carbonyl (C=O) groups is 2. The molecule has 2 N–H and O–H groups in total.